The highest BCUT2D eigenvalue weighted by Crippen LogP contribution is 2.17. The molecule has 0 atom stereocenters. The van der Waals surface area contributed by atoms with Crippen LogP contribution in [-0.4, -0.2) is 15.5 Å². The maximum atomic E-state index is 13.5. The Hall–Kier alpha value is -2.54. The summed E-state index contributed by atoms with van der Waals surface area (Å²) in [5.74, 6) is -1.05. The third kappa shape index (κ3) is 2.87. The SMILES string of the molecule is CCn1cc(C(=O)Nc2nc(C)cs2)c(=O)c2cc(F)ccc21. The van der Waals surface area contributed by atoms with E-state index in [1.165, 1.54) is 23.6 Å². The van der Waals surface area contributed by atoms with Crippen LogP contribution in [0, 0.1) is 12.7 Å². The third-order valence-corrected chi connectivity index (χ3v) is 4.34. The molecule has 0 saturated carbocycles. The lowest BCUT2D eigenvalue weighted by Crippen LogP contribution is -2.24. The molecule has 0 saturated heterocycles. The fraction of sp³-hybridized carbons (Fsp3) is 0.188. The van der Waals surface area contributed by atoms with E-state index in [4.69, 9.17) is 0 Å². The Labute approximate surface area is 135 Å². The number of benzene rings is 1. The minimum absolute atomic E-state index is 0.0298. The Morgan fingerprint density at radius 3 is 2.87 bits per heavy atom. The van der Waals surface area contributed by atoms with Crippen LogP contribution in [0.2, 0.25) is 0 Å². The largest absolute Gasteiger partial charge is 0.347 e. The second-order valence-corrected chi connectivity index (χ2v) is 5.93. The summed E-state index contributed by atoms with van der Waals surface area (Å²) in [4.78, 5) is 29.1. The van der Waals surface area contributed by atoms with Crippen molar-refractivity contribution in [3.05, 3.63) is 57.1 Å². The summed E-state index contributed by atoms with van der Waals surface area (Å²) in [6.07, 6.45) is 1.50. The molecule has 0 unspecified atom stereocenters. The van der Waals surface area contributed by atoms with Gasteiger partial charge in [0, 0.05) is 23.5 Å². The summed E-state index contributed by atoms with van der Waals surface area (Å²) in [5, 5.41) is 5.03. The van der Waals surface area contributed by atoms with Crippen LogP contribution < -0.4 is 10.7 Å². The van der Waals surface area contributed by atoms with Gasteiger partial charge in [-0.2, -0.15) is 0 Å². The Bertz CT molecular complexity index is 962. The van der Waals surface area contributed by atoms with E-state index in [1.807, 2.05) is 13.8 Å². The number of aromatic nitrogens is 2. The Kier molecular flexibility index (Phi) is 3.96. The number of rotatable bonds is 3. The highest BCUT2D eigenvalue weighted by atomic mass is 32.1. The summed E-state index contributed by atoms with van der Waals surface area (Å²) in [6.45, 7) is 4.26. The summed E-state index contributed by atoms with van der Waals surface area (Å²) in [7, 11) is 0. The zero-order valence-corrected chi connectivity index (χ0v) is 13.4. The molecule has 7 heteroatoms. The van der Waals surface area contributed by atoms with Crippen molar-refractivity contribution < 1.29 is 9.18 Å². The number of fused-ring (bicyclic) bond motifs is 1. The standard InChI is InChI=1S/C16H14FN3O2S/c1-3-20-7-12(15(22)19-16-18-9(2)8-23-16)14(21)11-6-10(17)4-5-13(11)20/h4-8H,3H2,1-2H3,(H,18,19,22). The summed E-state index contributed by atoms with van der Waals surface area (Å²) < 4.78 is 15.2. The molecule has 0 aliphatic carbocycles. The first kappa shape index (κ1) is 15.4. The number of nitrogens with zero attached hydrogens (tertiary/aromatic N) is 2. The van der Waals surface area contributed by atoms with Gasteiger partial charge in [0.05, 0.1) is 11.2 Å². The van der Waals surface area contributed by atoms with E-state index in [2.05, 4.69) is 10.3 Å². The van der Waals surface area contributed by atoms with E-state index in [1.54, 1.807) is 16.0 Å². The van der Waals surface area contributed by atoms with Gasteiger partial charge in [-0.15, -0.1) is 11.3 Å². The number of nitrogens with one attached hydrogen (secondary N) is 1. The van der Waals surface area contributed by atoms with Crippen molar-refractivity contribution in [3.8, 4) is 0 Å². The first-order chi connectivity index (χ1) is 11.0. The molecular formula is C16H14FN3O2S. The second-order valence-electron chi connectivity index (χ2n) is 5.07. The normalized spacial score (nSPS) is 10.9. The quantitative estimate of drug-likeness (QED) is 0.802. The van der Waals surface area contributed by atoms with Crippen molar-refractivity contribution in [1.29, 1.82) is 0 Å². The topological polar surface area (TPSA) is 64.0 Å². The zero-order valence-electron chi connectivity index (χ0n) is 12.6. The molecule has 3 rings (SSSR count). The molecule has 2 heterocycles. The number of amides is 1. The van der Waals surface area contributed by atoms with Crippen molar-refractivity contribution in [2.24, 2.45) is 0 Å². The molecule has 0 spiro atoms. The number of thiazole rings is 1. The average Bonchev–Trinajstić information content (AvgIpc) is 2.93. The molecule has 1 aromatic carbocycles. The van der Waals surface area contributed by atoms with Gasteiger partial charge in [0.1, 0.15) is 11.4 Å². The van der Waals surface area contributed by atoms with E-state index >= 15 is 0 Å². The molecule has 5 nitrogen and oxygen atoms in total. The maximum absolute atomic E-state index is 13.5. The van der Waals surface area contributed by atoms with Crippen LogP contribution in [-0.2, 0) is 6.54 Å². The van der Waals surface area contributed by atoms with Gasteiger partial charge in [0.15, 0.2) is 5.13 Å². The van der Waals surface area contributed by atoms with E-state index < -0.39 is 17.2 Å². The predicted molar refractivity (Wildman–Crippen MR) is 88.6 cm³/mol. The molecule has 0 aliphatic rings. The fourth-order valence-electron chi connectivity index (χ4n) is 2.37. The van der Waals surface area contributed by atoms with Gasteiger partial charge in [-0.1, -0.05) is 0 Å². The summed E-state index contributed by atoms with van der Waals surface area (Å²) in [5.41, 5.74) is 0.866. The van der Waals surface area contributed by atoms with E-state index in [0.29, 0.717) is 17.2 Å². The molecule has 0 bridgehead atoms. The van der Waals surface area contributed by atoms with Crippen molar-refractivity contribution in [2.45, 2.75) is 20.4 Å². The molecule has 0 fully saturated rings. The predicted octanol–water partition coefficient (Wildman–Crippen LogP) is 3.18. The number of carbonyl (C=O) groups is 1. The van der Waals surface area contributed by atoms with Crippen LogP contribution in [0.4, 0.5) is 9.52 Å². The smallest absolute Gasteiger partial charge is 0.262 e. The number of aryl methyl sites for hydroxylation is 2. The minimum Gasteiger partial charge on any atom is -0.347 e. The van der Waals surface area contributed by atoms with Crippen LogP contribution in [0.25, 0.3) is 10.9 Å². The molecule has 118 valence electrons. The molecule has 1 amide bonds. The highest BCUT2D eigenvalue weighted by molar-refractivity contribution is 7.13. The first-order valence-electron chi connectivity index (χ1n) is 7.05. The zero-order chi connectivity index (χ0) is 16.6. The lowest BCUT2D eigenvalue weighted by molar-refractivity contribution is 0.102. The second kappa shape index (κ2) is 5.92. The van der Waals surface area contributed by atoms with Crippen molar-refractivity contribution >= 4 is 33.3 Å². The number of carbonyl (C=O) groups excluding carboxylic acids is 1. The van der Waals surface area contributed by atoms with E-state index in [9.17, 15) is 14.0 Å². The van der Waals surface area contributed by atoms with Gasteiger partial charge in [-0.25, -0.2) is 9.37 Å². The van der Waals surface area contributed by atoms with Crippen LogP contribution in [0.15, 0.2) is 34.6 Å². The summed E-state index contributed by atoms with van der Waals surface area (Å²) >= 11 is 1.28. The van der Waals surface area contributed by atoms with Crippen molar-refractivity contribution in [1.82, 2.24) is 9.55 Å². The molecule has 0 radical (unpaired) electrons. The number of anilines is 1. The molecule has 1 N–H and O–H groups in total. The molecule has 2 aromatic heterocycles. The lowest BCUT2D eigenvalue weighted by atomic mass is 10.1. The minimum atomic E-state index is -0.544. The van der Waals surface area contributed by atoms with Gasteiger partial charge in [-0.05, 0) is 32.0 Å². The number of hydrogen-bond acceptors (Lipinski definition) is 4. The number of halogens is 1. The Balaban J connectivity index is 2.11. The van der Waals surface area contributed by atoms with Crippen molar-refractivity contribution in [2.75, 3.05) is 5.32 Å². The lowest BCUT2D eigenvalue weighted by Gasteiger charge is -2.11. The fourth-order valence-corrected chi connectivity index (χ4v) is 3.05. The maximum Gasteiger partial charge on any atom is 0.262 e. The van der Waals surface area contributed by atoms with Gasteiger partial charge < -0.3 is 4.57 Å². The van der Waals surface area contributed by atoms with Crippen molar-refractivity contribution in [3.63, 3.8) is 0 Å². The molecule has 0 aliphatic heterocycles. The molecule has 23 heavy (non-hydrogen) atoms. The van der Waals surface area contributed by atoms with Crippen LogP contribution >= 0.6 is 11.3 Å². The number of pyridine rings is 1. The van der Waals surface area contributed by atoms with Crippen LogP contribution in [0.3, 0.4) is 0 Å². The summed E-state index contributed by atoms with van der Waals surface area (Å²) in [6, 6.07) is 4.00. The van der Waals surface area contributed by atoms with Gasteiger partial charge >= 0.3 is 0 Å². The van der Waals surface area contributed by atoms with Crippen LogP contribution in [0.5, 0.6) is 0 Å². The van der Waals surface area contributed by atoms with Gasteiger partial charge in [0.25, 0.3) is 5.91 Å². The Morgan fingerprint density at radius 1 is 1.43 bits per heavy atom. The highest BCUT2D eigenvalue weighted by Gasteiger charge is 2.16. The molecular weight excluding hydrogens is 317 g/mol. The van der Waals surface area contributed by atoms with E-state index in [0.717, 1.165) is 11.8 Å². The van der Waals surface area contributed by atoms with Crippen LogP contribution in [0.1, 0.15) is 23.0 Å². The van der Waals surface area contributed by atoms with Gasteiger partial charge in [0.2, 0.25) is 5.43 Å². The molecule has 3 aromatic rings. The Morgan fingerprint density at radius 2 is 2.22 bits per heavy atom. The first-order valence-corrected chi connectivity index (χ1v) is 7.93. The van der Waals surface area contributed by atoms with E-state index in [-0.39, 0.29) is 10.9 Å². The third-order valence-electron chi connectivity index (χ3n) is 3.47. The number of hydrogen-bond donors (Lipinski definition) is 1. The monoisotopic (exact) mass is 331 g/mol. The average molecular weight is 331 g/mol. The van der Waals surface area contributed by atoms with Gasteiger partial charge in [-0.3, -0.25) is 14.9 Å².